The van der Waals surface area contributed by atoms with Crippen molar-refractivity contribution in [3.05, 3.63) is 88.6 Å². The Labute approximate surface area is 254 Å². The first kappa shape index (κ1) is 30.7. The summed E-state index contributed by atoms with van der Waals surface area (Å²) in [6.07, 6.45) is -4.89. The highest BCUT2D eigenvalue weighted by atomic mass is 19.4. The molecule has 0 amide bonds. The molecule has 12 heteroatoms. The number of fused-ring (bicyclic) bond motifs is 4. The lowest BCUT2D eigenvalue weighted by Crippen LogP contribution is -2.26. The Morgan fingerprint density at radius 2 is 1.71 bits per heavy atom. The summed E-state index contributed by atoms with van der Waals surface area (Å²) in [4.78, 5) is 16.3. The van der Waals surface area contributed by atoms with E-state index in [1.807, 2.05) is 27.3 Å². The molecule has 3 aromatic carbocycles. The molecular weight excluding hydrogens is 597 g/mol. The van der Waals surface area contributed by atoms with Crippen molar-refractivity contribution in [2.45, 2.75) is 51.1 Å². The second-order valence-corrected chi connectivity index (χ2v) is 11.2. The zero-order chi connectivity index (χ0) is 31.9. The smallest absolute Gasteiger partial charge is 0.416 e. The van der Waals surface area contributed by atoms with Crippen LogP contribution >= 0.6 is 0 Å². The quantitative estimate of drug-likeness (QED) is 0.129. The molecule has 0 saturated carbocycles. The Morgan fingerprint density at radius 3 is 2.42 bits per heavy atom. The van der Waals surface area contributed by atoms with Crippen LogP contribution in [0.2, 0.25) is 0 Å². The highest BCUT2D eigenvalue weighted by molar-refractivity contribution is 5.94. The lowest BCUT2D eigenvalue weighted by Gasteiger charge is -2.23. The average Bonchev–Trinajstić information content (AvgIpc) is 3.51. The van der Waals surface area contributed by atoms with E-state index in [1.165, 1.54) is 24.3 Å². The number of rotatable bonds is 10. The normalized spacial score (nSPS) is 14.7. The molecule has 6 rings (SSSR count). The van der Waals surface area contributed by atoms with Crippen molar-refractivity contribution in [3.63, 3.8) is 0 Å². The first-order chi connectivity index (χ1) is 21.4. The molecule has 0 aliphatic heterocycles. The molecule has 0 radical (unpaired) electrons. The zero-order valence-corrected chi connectivity index (χ0v) is 24.3. The number of carboxylic acid groups (broad SMARTS) is 1. The molecule has 2 aromatic heterocycles. The third-order valence-electron chi connectivity index (χ3n) is 8.23. The topological polar surface area (TPSA) is 78.5 Å². The van der Waals surface area contributed by atoms with Gasteiger partial charge in [0.05, 0.1) is 42.0 Å². The molecule has 0 unspecified atom stereocenters. The predicted molar refractivity (Wildman–Crippen MR) is 158 cm³/mol. The van der Waals surface area contributed by atoms with Crippen molar-refractivity contribution in [1.29, 1.82) is 0 Å². The number of aromatic nitrogens is 3. The maximum atomic E-state index is 14.7. The number of benzene rings is 3. The van der Waals surface area contributed by atoms with Gasteiger partial charge < -0.3 is 23.7 Å². The number of imidazole rings is 1. The fraction of sp³-hybridized carbons (Fsp3) is 0.333. The maximum absolute atomic E-state index is 14.7. The first-order valence-electron chi connectivity index (χ1n) is 14.4. The van der Waals surface area contributed by atoms with Gasteiger partial charge in [-0.25, -0.2) is 18.6 Å². The number of hydrogen-bond acceptors (Lipinski definition) is 4. The first-order valence-corrected chi connectivity index (χ1v) is 14.4. The molecule has 0 bridgehead atoms. The molecule has 236 valence electrons. The molecule has 2 heterocycles. The van der Waals surface area contributed by atoms with Gasteiger partial charge in [0.1, 0.15) is 5.82 Å². The molecule has 1 aliphatic rings. The van der Waals surface area contributed by atoms with Gasteiger partial charge in [0.2, 0.25) is 0 Å². The van der Waals surface area contributed by atoms with Crippen LogP contribution in [0.5, 0.6) is 0 Å². The Bertz CT molecular complexity index is 1880. The third kappa shape index (κ3) is 6.16. The molecule has 0 spiro atoms. The number of methoxy groups -OCH3 is 1. The van der Waals surface area contributed by atoms with Crippen LogP contribution in [0.1, 0.15) is 39.2 Å². The van der Waals surface area contributed by atoms with E-state index in [-0.39, 0.29) is 31.6 Å². The molecular formula is C33H30F5N3O4. The minimum atomic E-state index is -4.41. The molecule has 1 N–H and O–H groups in total. The molecule has 5 aromatic rings. The number of halogens is 5. The minimum absolute atomic E-state index is 0.106. The van der Waals surface area contributed by atoms with E-state index in [2.05, 4.69) is 0 Å². The second kappa shape index (κ2) is 11.9. The number of carboxylic acids is 1. The van der Waals surface area contributed by atoms with Crippen LogP contribution in [0.15, 0.2) is 60.7 Å². The lowest BCUT2D eigenvalue weighted by molar-refractivity contribution is -0.137. The van der Waals surface area contributed by atoms with E-state index in [1.54, 1.807) is 13.2 Å². The molecule has 45 heavy (non-hydrogen) atoms. The van der Waals surface area contributed by atoms with Crippen molar-refractivity contribution in [3.8, 4) is 11.4 Å². The fourth-order valence-corrected chi connectivity index (χ4v) is 6.03. The second-order valence-electron chi connectivity index (χ2n) is 11.2. The SMILES string of the molecule is COCCn1c(-c2ccc3c(c2)c2c(n3CCOCc3ccc(C(F)(F)F)cc3)CCC(F)(F)C2)nc2cc(C(=O)O)ccc21. The van der Waals surface area contributed by atoms with Crippen LogP contribution < -0.4 is 0 Å². The monoisotopic (exact) mass is 627 g/mol. The van der Waals surface area contributed by atoms with E-state index < -0.39 is 30.1 Å². The number of nitrogens with zero attached hydrogens (tertiary/aromatic N) is 3. The molecule has 7 nitrogen and oxygen atoms in total. The van der Waals surface area contributed by atoms with Gasteiger partial charge in [0, 0.05) is 55.2 Å². The van der Waals surface area contributed by atoms with Crippen LogP contribution in [-0.2, 0) is 48.2 Å². The molecule has 0 saturated heterocycles. The van der Waals surface area contributed by atoms with Crippen LogP contribution in [0.4, 0.5) is 22.0 Å². The van der Waals surface area contributed by atoms with Gasteiger partial charge in [-0.1, -0.05) is 12.1 Å². The summed E-state index contributed by atoms with van der Waals surface area (Å²) in [5.41, 5.74) is 4.04. The van der Waals surface area contributed by atoms with E-state index in [4.69, 9.17) is 14.5 Å². The Balaban J connectivity index is 1.32. The Kier molecular flexibility index (Phi) is 8.13. The third-order valence-corrected chi connectivity index (χ3v) is 8.23. The average molecular weight is 628 g/mol. The summed E-state index contributed by atoms with van der Waals surface area (Å²) in [5.74, 6) is -3.35. The summed E-state index contributed by atoms with van der Waals surface area (Å²) in [6, 6.07) is 15.1. The minimum Gasteiger partial charge on any atom is -0.478 e. The van der Waals surface area contributed by atoms with Crippen molar-refractivity contribution < 1.29 is 41.3 Å². The fourth-order valence-electron chi connectivity index (χ4n) is 6.03. The molecule has 1 aliphatic carbocycles. The van der Waals surface area contributed by atoms with Crippen LogP contribution in [0.25, 0.3) is 33.3 Å². The number of alkyl halides is 5. The Morgan fingerprint density at radius 1 is 0.978 bits per heavy atom. The van der Waals surface area contributed by atoms with Gasteiger partial charge >= 0.3 is 12.1 Å². The van der Waals surface area contributed by atoms with Gasteiger partial charge in [0.15, 0.2) is 0 Å². The van der Waals surface area contributed by atoms with Crippen molar-refractivity contribution in [2.24, 2.45) is 0 Å². The van der Waals surface area contributed by atoms with Crippen LogP contribution in [0, 0.1) is 0 Å². The van der Waals surface area contributed by atoms with E-state index >= 15 is 0 Å². The largest absolute Gasteiger partial charge is 0.478 e. The highest BCUT2D eigenvalue weighted by Gasteiger charge is 2.37. The van der Waals surface area contributed by atoms with Crippen molar-refractivity contribution >= 4 is 27.9 Å². The maximum Gasteiger partial charge on any atom is 0.416 e. The van der Waals surface area contributed by atoms with Crippen LogP contribution in [-0.4, -0.2) is 51.4 Å². The predicted octanol–water partition coefficient (Wildman–Crippen LogP) is 7.36. The van der Waals surface area contributed by atoms with Crippen molar-refractivity contribution in [1.82, 2.24) is 14.1 Å². The van der Waals surface area contributed by atoms with Gasteiger partial charge in [-0.05, 0) is 66.1 Å². The van der Waals surface area contributed by atoms with Crippen molar-refractivity contribution in [2.75, 3.05) is 20.3 Å². The van der Waals surface area contributed by atoms with E-state index in [9.17, 15) is 31.9 Å². The van der Waals surface area contributed by atoms with Gasteiger partial charge in [-0.2, -0.15) is 13.2 Å². The Hall–Kier alpha value is -4.29. The standard InChI is InChI=1S/C33H30F5N3O4/c1-44-14-12-41-29-9-5-22(31(42)43)17-26(29)39-30(41)21-4-8-27-24(16-21)25-18-32(34,35)11-10-28(25)40(27)13-15-45-19-20-2-6-23(7-3-20)33(36,37)38/h2-9,16-17H,10-15,18-19H2,1H3,(H,42,43). The number of hydrogen-bond donors (Lipinski definition) is 1. The summed E-state index contributed by atoms with van der Waals surface area (Å²) < 4.78 is 83.0. The summed E-state index contributed by atoms with van der Waals surface area (Å²) in [6.45, 7) is 1.55. The molecule has 0 fully saturated rings. The highest BCUT2D eigenvalue weighted by Crippen LogP contribution is 2.40. The number of aromatic carboxylic acids is 1. The van der Waals surface area contributed by atoms with Crippen LogP contribution in [0.3, 0.4) is 0 Å². The summed E-state index contributed by atoms with van der Waals surface area (Å²) in [7, 11) is 1.58. The van der Waals surface area contributed by atoms with Gasteiger partial charge in [0.25, 0.3) is 5.92 Å². The number of carbonyl (C=O) groups is 1. The summed E-state index contributed by atoms with van der Waals surface area (Å²) in [5, 5.41) is 10.1. The van der Waals surface area contributed by atoms with E-state index in [0.29, 0.717) is 53.1 Å². The zero-order valence-electron chi connectivity index (χ0n) is 24.3. The summed E-state index contributed by atoms with van der Waals surface area (Å²) >= 11 is 0. The number of ether oxygens (including phenoxy) is 2. The lowest BCUT2D eigenvalue weighted by atomic mass is 9.92. The van der Waals surface area contributed by atoms with Gasteiger partial charge in [-0.15, -0.1) is 0 Å². The van der Waals surface area contributed by atoms with Gasteiger partial charge in [-0.3, -0.25) is 0 Å². The van der Waals surface area contributed by atoms with E-state index in [0.717, 1.165) is 28.9 Å². The molecule has 0 atom stereocenters.